The minimum atomic E-state index is -0.771. The van der Waals surface area contributed by atoms with Gasteiger partial charge in [-0.2, -0.15) is 0 Å². The minimum absolute atomic E-state index is 0.419. The lowest BCUT2D eigenvalue weighted by Crippen LogP contribution is -2.48. The molecule has 5 nitrogen and oxygen atoms in total. The van der Waals surface area contributed by atoms with Crippen molar-refractivity contribution < 1.29 is 9.90 Å². The molecule has 0 aromatic carbocycles. The molecular weight excluding hydrogens is 206 g/mol. The second-order valence-corrected chi connectivity index (χ2v) is 4.64. The van der Waals surface area contributed by atoms with Crippen LogP contribution in [0.1, 0.15) is 13.3 Å². The molecule has 5 heteroatoms. The van der Waals surface area contributed by atoms with Gasteiger partial charge in [-0.3, -0.25) is 9.69 Å². The smallest absolute Gasteiger partial charge is 0.322 e. The van der Waals surface area contributed by atoms with Gasteiger partial charge in [0.25, 0.3) is 0 Å². The molecule has 2 atom stereocenters. The lowest BCUT2D eigenvalue weighted by atomic mass is 10.2. The fourth-order valence-electron chi connectivity index (χ4n) is 2.22. The summed E-state index contributed by atoms with van der Waals surface area (Å²) in [4.78, 5) is 15.5. The van der Waals surface area contributed by atoms with E-state index in [1.807, 2.05) is 0 Å². The van der Waals surface area contributed by atoms with Crippen molar-refractivity contribution in [3.63, 3.8) is 0 Å². The highest BCUT2D eigenvalue weighted by Gasteiger charge is 2.24. The summed E-state index contributed by atoms with van der Waals surface area (Å²) in [6.07, 6.45) is 1.11. The van der Waals surface area contributed by atoms with Crippen LogP contribution in [0.4, 0.5) is 0 Å². The SMILES string of the molecule is CNC(CN1CCCN(C)CC1C)C(=O)O. The zero-order valence-corrected chi connectivity index (χ0v) is 10.4. The fourth-order valence-corrected chi connectivity index (χ4v) is 2.22. The van der Waals surface area contributed by atoms with Gasteiger partial charge in [0.2, 0.25) is 0 Å². The number of rotatable bonds is 4. The van der Waals surface area contributed by atoms with Crippen LogP contribution in [0.3, 0.4) is 0 Å². The van der Waals surface area contributed by atoms with Crippen molar-refractivity contribution in [3.8, 4) is 0 Å². The van der Waals surface area contributed by atoms with E-state index in [0.29, 0.717) is 12.6 Å². The highest BCUT2D eigenvalue weighted by Crippen LogP contribution is 2.09. The maximum atomic E-state index is 11.0. The van der Waals surface area contributed by atoms with E-state index in [9.17, 15) is 4.79 Å². The molecule has 94 valence electrons. The molecule has 0 amide bonds. The molecule has 0 aliphatic carbocycles. The summed E-state index contributed by atoms with van der Waals surface area (Å²) >= 11 is 0. The number of nitrogens with one attached hydrogen (secondary N) is 1. The van der Waals surface area contributed by atoms with Crippen molar-refractivity contribution in [3.05, 3.63) is 0 Å². The third-order valence-electron chi connectivity index (χ3n) is 3.25. The molecule has 16 heavy (non-hydrogen) atoms. The molecule has 1 heterocycles. The van der Waals surface area contributed by atoms with Gasteiger partial charge in [-0.1, -0.05) is 0 Å². The van der Waals surface area contributed by atoms with Crippen LogP contribution in [-0.2, 0) is 4.79 Å². The zero-order valence-electron chi connectivity index (χ0n) is 10.4. The van der Waals surface area contributed by atoms with E-state index in [-0.39, 0.29) is 0 Å². The van der Waals surface area contributed by atoms with E-state index in [1.54, 1.807) is 7.05 Å². The number of hydrogen-bond donors (Lipinski definition) is 2. The van der Waals surface area contributed by atoms with Crippen LogP contribution in [-0.4, -0.2) is 73.2 Å². The Hall–Kier alpha value is -0.650. The summed E-state index contributed by atoms with van der Waals surface area (Å²) in [5.74, 6) is -0.771. The monoisotopic (exact) mass is 229 g/mol. The first-order valence-electron chi connectivity index (χ1n) is 5.87. The Morgan fingerprint density at radius 1 is 1.56 bits per heavy atom. The lowest BCUT2D eigenvalue weighted by Gasteiger charge is -2.29. The molecule has 2 unspecified atom stereocenters. The van der Waals surface area contributed by atoms with Gasteiger partial charge in [0.1, 0.15) is 6.04 Å². The van der Waals surface area contributed by atoms with Crippen LogP contribution in [0.15, 0.2) is 0 Å². The molecular formula is C11H23N3O2. The number of likely N-dealkylation sites (N-methyl/N-ethyl adjacent to an activating group) is 2. The number of hydrogen-bond acceptors (Lipinski definition) is 4. The Kier molecular flexibility index (Phi) is 5.18. The van der Waals surface area contributed by atoms with Gasteiger partial charge in [0, 0.05) is 19.1 Å². The minimum Gasteiger partial charge on any atom is -0.480 e. The fraction of sp³-hybridized carbons (Fsp3) is 0.909. The summed E-state index contributed by atoms with van der Waals surface area (Å²) in [5, 5.41) is 11.9. The summed E-state index contributed by atoms with van der Waals surface area (Å²) in [5.41, 5.74) is 0. The number of carbonyl (C=O) groups is 1. The predicted molar refractivity (Wildman–Crippen MR) is 63.6 cm³/mol. The predicted octanol–water partition coefficient (Wildman–Crippen LogP) is -0.315. The summed E-state index contributed by atoms with van der Waals surface area (Å²) in [6, 6.07) is -0.0476. The number of carboxylic acids is 1. The summed E-state index contributed by atoms with van der Waals surface area (Å²) in [6.45, 7) is 5.84. The quantitative estimate of drug-likeness (QED) is 0.692. The maximum Gasteiger partial charge on any atom is 0.322 e. The van der Waals surface area contributed by atoms with Crippen LogP contribution < -0.4 is 5.32 Å². The normalized spacial score (nSPS) is 26.3. The molecule has 0 saturated carbocycles. The van der Waals surface area contributed by atoms with Crippen molar-refractivity contribution >= 4 is 5.97 Å². The summed E-state index contributed by atoms with van der Waals surface area (Å²) in [7, 11) is 3.82. The van der Waals surface area contributed by atoms with E-state index in [0.717, 1.165) is 26.1 Å². The van der Waals surface area contributed by atoms with Gasteiger partial charge >= 0.3 is 5.97 Å². The first-order valence-corrected chi connectivity index (χ1v) is 5.87. The Bertz CT molecular complexity index is 235. The molecule has 0 spiro atoms. The lowest BCUT2D eigenvalue weighted by molar-refractivity contribution is -0.140. The van der Waals surface area contributed by atoms with Crippen LogP contribution in [0.25, 0.3) is 0 Å². The molecule has 1 rings (SSSR count). The molecule has 2 N–H and O–H groups in total. The molecule has 1 aliphatic rings. The molecule has 0 radical (unpaired) electrons. The molecule has 0 bridgehead atoms. The van der Waals surface area contributed by atoms with Crippen molar-refractivity contribution in [2.24, 2.45) is 0 Å². The van der Waals surface area contributed by atoms with Gasteiger partial charge in [-0.15, -0.1) is 0 Å². The van der Waals surface area contributed by atoms with Gasteiger partial charge in [0.15, 0.2) is 0 Å². The highest BCUT2D eigenvalue weighted by atomic mass is 16.4. The Labute approximate surface area is 97.4 Å². The standard InChI is InChI=1S/C11H23N3O2/c1-9-7-13(3)5-4-6-14(9)8-10(12-2)11(15)16/h9-10,12H,4-8H2,1-3H3,(H,15,16). The molecule has 0 aromatic rings. The third kappa shape index (κ3) is 3.73. The number of nitrogens with zero attached hydrogens (tertiary/aromatic N) is 2. The van der Waals surface area contributed by atoms with Crippen LogP contribution in [0.2, 0.25) is 0 Å². The third-order valence-corrected chi connectivity index (χ3v) is 3.25. The van der Waals surface area contributed by atoms with Gasteiger partial charge < -0.3 is 15.3 Å². The Morgan fingerprint density at radius 3 is 2.81 bits per heavy atom. The Balaban J connectivity index is 2.54. The second kappa shape index (κ2) is 6.18. The van der Waals surface area contributed by atoms with E-state index < -0.39 is 12.0 Å². The summed E-state index contributed by atoms with van der Waals surface area (Å²) < 4.78 is 0. The topological polar surface area (TPSA) is 55.8 Å². The maximum absolute atomic E-state index is 11.0. The molecule has 0 aromatic heterocycles. The molecule has 1 fully saturated rings. The van der Waals surface area contributed by atoms with Crippen LogP contribution in [0.5, 0.6) is 0 Å². The van der Waals surface area contributed by atoms with E-state index in [1.165, 1.54) is 0 Å². The zero-order chi connectivity index (χ0) is 12.1. The first kappa shape index (κ1) is 13.4. The van der Waals surface area contributed by atoms with Crippen molar-refractivity contribution in [2.75, 3.05) is 40.3 Å². The first-order chi connectivity index (χ1) is 7.54. The van der Waals surface area contributed by atoms with E-state index >= 15 is 0 Å². The Morgan fingerprint density at radius 2 is 2.25 bits per heavy atom. The average molecular weight is 229 g/mol. The van der Waals surface area contributed by atoms with Crippen molar-refractivity contribution in [1.82, 2.24) is 15.1 Å². The van der Waals surface area contributed by atoms with Gasteiger partial charge in [-0.25, -0.2) is 0 Å². The number of carboxylic acid groups (broad SMARTS) is 1. The molecule has 1 saturated heterocycles. The average Bonchev–Trinajstić information content (AvgIpc) is 2.36. The van der Waals surface area contributed by atoms with E-state index in [4.69, 9.17) is 5.11 Å². The number of aliphatic carboxylic acids is 1. The van der Waals surface area contributed by atoms with Gasteiger partial charge in [-0.05, 0) is 40.5 Å². The van der Waals surface area contributed by atoms with Crippen LogP contribution in [0, 0.1) is 0 Å². The van der Waals surface area contributed by atoms with E-state index in [2.05, 4.69) is 29.1 Å². The van der Waals surface area contributed by atoms with Crippen molar-refractivity contribution in [1.29, 1.82) is 0 Å². The second-order valence-electron chi connectivity index (χ2n) is 4.64. The van der Waals surface area contributed by atoms with Crippen LogP contribution >= 0.6 is 0 Å². The largest absolute Gasteiger partial charge is 0.480 e. The molecule has 1 aliphatic heterocycles. The van der Waals surface area contributed by atoms with Crippen molar-refractivity contribution in [2.45, 2.75) is 25.4 Å². The highest BCUT2D eigenvalue weighted by molar-refractivity contribution is 5.73. The van der Waals surface area contributed by atoms with Gasteiger partial charge in [0.05, 0.1) is 0 Å².